The Hall–Kier alpha value is -3.84. The zero-order chi connectivity index (χ0) is 31.9. The van der Waals surface area contributed by atoms with Gasteiger partial charge in [-0.3, -0.25) is 14.5 Å². The van der Waals surface area contributed by atoms with Crippen molar-refractivity contribution < 1.29 is 33.3 Å². The maximum atomic E-state index is 13.7. The molecular formula is C31H37ClFN5O6. The van der Waals surface area contributed by atoms with Gasteiger partial charge in [-0.15, -0.1) is 0 Å². The first kappa shape index (κ1) is 33.1. The number of rotatable bonds is 12. The summed E-state index contributed by atoms with van der Waals surface area (Å²) in [5.74, 6) is -0.596. The topological polar surface area (TPSA) is 135 Å². The smallest absolute Gasteiger partial charge is 0.320 e. The van der Waals surface area contributed by atoms with Gasteiger partial charge in [0.25, 0.3) is 0 Å². The third-order valence-corrected chi connectivity index (χ3v) is 6.58. The van der Waals surface area contributed by atoms with E-state index < -0.39 is 29.4 Å². The maximum absolute atomic E-state index is 13.7. The van der Waals surface area contributed by atoms with Crippen LogP contribution in [0.3, 0.4) is 0 Å². The molecule has 1 aromatic heterocycles. The quantitative estimate of drug-likeness (QED) is 0.188. The van der Waals surface area contributed by atoms with Crippen molar-refractivity contribution in [1.29, 1.82) is 0 Å². The third-order valence-electron chi connectivity index (χ3n) is 6.29. The van der Waals surface area contributed by atoms with Crippen LogP contribution in [0.5, 0.6) is 5.75 Å². The fraction of sp³-hybridized carbons (Fsp3) is 0.419. The largest absolute Gasteiger partial charge is 0.486 e. The molecule has 13 heteroatoms. The molecule has 4 rings (SSSR count). The number of hydrogen-bond donors (Lipinski definition) is 3. The van der Waals surface area contributed by atoms with E-state index in [1.807, 2.05) is 0 Å². The van der Waals surface area contributed by atoms with Gasteiger partial charge in [-0.05, 0) is 52.0 Å². The number of carbonyl (C=O) groups is 2. The molecule has 44 heavy (non-hydrogen) atoms. The third kappa shape index (κ3) is 9.84. The summed E-state index contributed by atoms with van der Waals surface area (Å²) in [6, 6.07) is 7.63. The minimum absolute atomic E-state index is 0.0410. The van der Waals surface area contributed by atoms with Crippen LogP contribution in [0.1, 0.15) is 34.1 Å². The number of amides is 1. The Balaban J connectivity index is 1.55. The summed E-state index contributed by atoms with van der Waals surface area (Å²) >= 11 is 5.95. The molecule has 1 aliphatic rings. The summed E-state index contributed by atoms with van der Waals surface area (Å²) in [6.07, 6.45) is 4.15. The second kappa shape index (κ2) is 14.8. The van der Waals surface area contributed by atoms with Crippen LogP contribution < -0.4 is 15.4 Å². The second-order valence-electron chi connectivity index (χ2n) is 11.5. The summed E-state index contributed by atoms with van der Waals surface area (Å²) in [5, 5.41) is 16.4. The molecule has 3 aromatic rings. The number of fused-ring (bicyclic) bond motifs is 1. The highest BCUT2D eigenvalue weighted by Gasteiger charge is 2.22. The van der Waals surface area contributed by atoms with Gasteiger partial charge in [0.15, 0.2) is 0 Å². The molecule has 2 atom stereocenters. The first-order valence-electron chi connectivity index (χ1n) is 14.2. The Morgan fingerprint density at radius 3 is 2.75 bits per heavy atom. The normalized spacial score (nSPS) is 16.0. The number of nitrogens with zero attached hydrogens (tertiary/aromatic N) is 3. The predicted molar refractivity (Wildman–Crippen MR) is 166 cm³/mol. The minimum atomic E-state index is -0.688. The van der Waals surface area contributed by atoms with Gasteiger partial charge in [-0.25, -0.2) is 14.4 Å². The van der Waals surface area contributed by atoms with Crippen molar-refractivity contribution in [2.24, 2.45) is 0 Å². The van der Waals surface area contributed by atoms with Crippen molar-refractivity contribution in [2.45, 2.75) is 51.9 Å². The van der Waals surface area contributed by atoms with E-state index in [0.717, 1.165) is 0 Å². The molecule has 0 bridgehead atoms. The van der Waals surface area contributed by atoms with Crippen LogP contribution in [0.25, 0.3) is 10.9 Å². The molecular weight excluding hydrogens is 593 g/mol. The zero-order valence-electron chi connectivity index (χ0n) is 25.1. The van der Waals surface area contributed by atoms with Crippen molar-refractivity contribution in [2.75, 3.05) is 43.5 Å². The Morgan fingerprint density at radius 2 is 2.07 bits per heavy atom. The van der Waals surface area contributed by atoms with Crippen LogP contribution in [0.15, 0.2) is 48.8 Å². The number of benzene rings is 2. The molecule has 0 unspecified atom stereocenters. The van der Waals surface area contributed by atoms with Gasteiger partial charge >= 0.3 is 5.97 Å². The number of esters is 1. The molecule has 2 aromatic carbocycles. The van der Waals surface area contributed by atoms with E-state index in [1.165, 1.54) is 30.6 Å². The molecule has 11 nitrogen and oxygen atoms in total. The van der Waals surface area contributed by atoms with Crippen LogP contribution in [0.2, 0.25) is 5.02 Å². The number of aliphatic hydroxyl groups is 1. The van der Waals surface area contributed by atoms with Gasteiger partial charge in [0.05, 0.1) is 42.1 Å². The van der Waals surface area contributed by atoms with E-state index in [9.17, 15) is 19.1 Å². The van der Waals surface area contributed by atoms with E-state index in [-0.39, 0.29) is 30.8 Å². The van der Waals surface area contributed by atoms with Gasteiger partial charge in [0, 0.05) is 42.7 Å². The fourth-order valence-electron chi connectivity index (χ4n) is 4.49. The number of nitrogens with one attached hydrogen (secondary N) is 2. The molecule has 1 fully saturated rings. The van der Waals surface area contributed by atoms with Crippen molar-refractivity contribution in [3.05, 3.63) is 59.7 Å². The van der Waals surface area contributed by atoms with Crippen molar-refractivity contribution >= 4 is 51.6 Å². The highest BCUT2D eigenvalue weighted by atomic mass is 35.5. The van der Waals surface area contributed by atoms with Gasteiger partial charge in [-0.2, -0.15) is 0 Å². The Labute approximate surface area is 260 Å². The lowest BCUT2D eigenvalue weighted by Crippen LogP contribution is -2.38. The predicted octanol–water partition coefficient (Wildman–Crippen LogP) is 4.85. The first-order chi connectivity index (χ1) is 20.9. The fourth-order valence-corrected chi connectivity index (χ4v) is 4.67. The maximum Gasteiger partial charge on any atom is 0.320 e. The molecule has 2 heterocycles. The lowest BCUT2D eigenvalue weighted by atomic mass is 10.1. The SMILES string of the molecule is C[C@H](O)CN(CC=CC(=O)Nc1cc2c(Nc3ccc(F)c(Cl)c3)ncnc2cc1O[C@@H]1CCOC1)CC(=O)OC(C)(C)C. The average molecular weight is 630 g/mol. The highest BCUT2D eigenvalue weighted by Crippen LogP contribution is 2.35. The van der Waals surface area contributed by atoms with Crippen molar-refractivity contribution in [1.82, 2.24) is 14.9 Å². The van der Waals surface area contributed by atoms with Crippen LogP contribution in [-0.4, -0.2) is 82.5 Å². The van der Waals surface area contributed by atoms with E-state index in [1.54, 1.807) is 50.8 Å². The monoisotopic (exact) mass is 629 g/mol. The first-order valence-corrected chi connectivity index (χ1v) is 14.6. The molecule has 236 valence electrons. The number of ether oxygens (including phenoxy) is 3. The number of carbonyl (C=O) groups excluding carboxylic acids is 2. The van der Waals surface area contributed by atoms with Gasteiger partial charge in [0.2, 0.25) is 5.91 Å². The van der Waals surface area contributed by atoms with Crippen LogP contribution >= 0.6 is 11.6 Å². The van der Waals surface area contributed by atoms with E-state index in [4.69, 9.17) is 25.8 Å². The molecule has 1 aliphatic heterocycles. The summed E-state index contributed by atoms with van der Waals surface area (Å²) in [4.78, 5) is 35.8. The number of anilines is 3. The molecule has 1 amide bonds. The highest BCUT2D eigenvalue weighted by molar-refractivity contribution is 6.31. The minimum Gasteiger partial charge on any atom is -0.486 e. The van der Waals surface area contributed by atoms with E-state index in [0.29, 0.717) is 53.5 Å². The van der Waals surface area contributed by atoms with Gasteiger partial charge in [0.1, 0.15) is 35.4 Å². The van der Waals surface area contributed by atoms with Crippen LogP contribution in [0, 0.1) is 5.82 Å². The van der Waals surface area contributed by atoms with Crippen molar-refractivity contribution in [3.63, 3.8) is 0 Å². The molecule has 3 N–H and O–H groups in total. The number of hydrogen-bond acceptors (Lipinski definition) is 10. The summed E-state index contributed by atoms with van der Waals surface area (Å²) in [7, 11) is 0. The molecule has 0 aliphatic carbocycles. The van der Waals surface area contributed by atoms with Crippen molar-refractivity contribution in [3.8, 4) is 5.75 Å². The Kier molecular flexibility index (Phi) is 11.1. The number of halogens is 2. The molecule has 0 saturated carbocycles. The van der Waals surface area contributed by atoms with Gasteiger partial charge in [-0.1, -0.05) is 17.7 Å². The second-order valence-corrected chi connectivity index (χ2v) is 11.9. The molecule has 1 saturated heterocycles. The Bertz CT molecular complexity index is 1510. The summed E-state index contributed by atoms with van der Waals surface area (Å²) in [5.41, 5.74) is 0.805. The lowest BCUT2D eigenvalue weighted by molar-refractivity contribution is -0.156. The molecule has 0 radical (unpaired) electrons. The lowest BCUT2D eigenvalue weighted by Gasteiger charge is -2.25. The number of aromatic nitrogens is 2. The zero-order valence-corrected chi connectivity index (χ0v) is 25.9. The van der Waals surface area contributed by atoms with E-state index >= 15 is 0 Å². The Morgan fingerprint density at radius 1 is 1.27 bits per heavy atom. The molecule has 0 spiro atoms. The summed E-state index contributed by atoms with van der Waals surface area (Å²) < 4.78 is 30.7. The standard InChI is InChI=1S/C31H37ClFN5O6/c1-19(39)15-38(16-29(41)44-31(2,3)4)10-5-6-28(40)37-26-13-22-25(14-27(26)43-21-9-11-42-17-21)34-18-35-30(22)36-20-7-8-24(33)23(32)12-20/h5-8,12-14,18-19,21,39H,9-11,15-17H2,1-4H3,(H,37,40)(H,34,35,36)/t19-,21+/m0/s1. The van der Waals surface area contributed by atoms with Crippen LogP contribution in [-0.2, 0) is 19.1 Å². The van der Waals surface area contributed by atoms with Gasteiger partial charge < -0.3 is 30.0 Å². The summed E-state index contributed by atoms with van der Waals surface area (Å²) in [6.45, 7) is 8.34. The number of aliphatic hydroxyl groups excluding tert-OH is 1. The van der Waals surface area contributed by atoms with E-state index in [2.05, 4.69) is 20.6 Å². The average Bonchev–Trinajstić information content (AvgIpc) is 3.43. The van der Waals surface area contributed by atoms with Crippen LogP contribution in [0.4, 0.5) is 21.6 Å².